The Labute approximate surface area is 160 Å². The number of hydrogen-bond acceptors (Lipinski definition) is 4. The maximum atomic E-state index is 13.9. The molecule has 1 aliphatic rings. The summed E-state index contributed by atoms with van der Waals surface area (Å²) < 4.78 is 26.1. The zero-order valence-electron chi connectivity index (χ0n) is 15.2. The number of carbonyl (C=O) groups is 1. The maximum Gasteiger partial charge on any atom is 0.193 e. The van der Waals surface area contributed by atoms with E-state index in [1.54, 1.807) is 24.3 Å². The lowest BCUT2D eigenvalue weighted by Crippen LogP contribution is -2.48. The number of Topliss-reactive ketones (excluding diaryl/α,β-unsaturated/α-hetero) is 1. The van der Waals surface area contributed by atoms with Gasteiger partial charge >= 0.3 is 0 Å². The van der Waals surface area contributed by atoms with Crippen molar-refractivity contribution in [3.63, 3.8) is 0 Å². The molecule has 3 rings (SSSR count). The van der Waals surface area contributed by atoms with Crippen LogP contribution in [0.4, 0.5) is 0 Å². The molecule has 0 bridgehead atoms. The van der Waals surface area contributed by atoms with Crippen molar-refractivity contribution in [2.75, 3.05) is 0 Å². The van der Waals surface area contributed by atoms with Gasteiger partial charge in [-0.05, 0) is 17.9 Å². The molecule has 0 spiro atoms. The van der Waals surface area contributed by atoms with E-state index in [1.807, 2.05) is 25.1 Å². The van der Waals surface area contributed by atoms with E-state index >= 15 is 0 Å². The minimum atomic E-state index is -4.03. The van der Waals surface area contributed by atoms with E-state index < -0.39 is 20.5 Å². The van der Waals surface area contributed by atoms with Crippen LogP contribution in [-0.4, -0.2) is 18.9 Å². The van der Waals surface area contributed by atoms with Crippen LogP contribution < -0.4 is 0 Å². The average molecular weight is 379 g/mol. The third-order valence-electron chi connectivity index (χ3n) is 5.36. The smallest absolute Gasteiger partial charge is 0.193 e. The number of rotatable bonds is 4. The molecule has 5 heteroatoms. The third kappa shape index (κ3) is 3.03. The van der Waals surface area contributed by atoms with Crippen molar-refractivity contribution in [3.8, 4) is 17.9 Å². The lowest BCUT2D eigenvalue weighted by molar-refractivity contribution is -0.119. The number of fused-ring (bicyclic) bond motifs is 1. The lowest BCUT2D eigenvalue weighted by Gasteiger charge is -2.31. The highest BCUT2D eigenvalue weighted by atomic mass is 32.2. The quantitative estimate of drug-likeness (QED) is 0.751. The van der Waals surface area contributed by atoms with Gasteiger partial charge in [-0.3, -0.25) is 4.79 Å². The van der Waals surface area contributed by atoms with Gasteiger partial charge in [0.15, 0.2) is 15.6 Å². The van der Waals surface area contributed by atoms with Gasteiger partial charge in [-0.2, -0.15) is 5.26 Å². The van der Waals surface area contributed by atoms with Crippen LogP contribution in [0.25, 0.3) is 10.8 Å². The zero-order valence-corrected chi connectivity index (χ0v) is 16.1. The Morgan fingerprint density at radius 1 is 1.15 bits per heavy atom. The Bertz CT molecular complexity index is 1080. The molecule has 138 valence electrons. The first-order chi connectivity index (χ1) is 13.0. The van der Waals surface area contributed by atoms with Crippen molar-refractivity contribution in [2.24, 2.45) is 5.92 Å². The van der Waals surface area contributed by atoms with E-state index in [2.05, 4.69) is 17.9 Å². The molecule has 2 aromatic carbocycles. The molecule has 0 heterocycles. The number of nitrogens with zero attached hydrogens (tertiary/aromatic N) is 1. The molecule has 0 aliphatic heterocycles. The summed E-state index contributed by atoms with van der Waals surface area (Å²) in [6, 6.07) is 14.4. The van der Waals surface area contributed by atoms with Gasteiger partial charge < -0.3 is 0 Å². The fourth-order valence-electron chi connectivity index (χ4n) is 4.01. The average Bonchev–Trinajstić information content (AvgIpc) is 2.99. The molecule has 1 saturated carbocycles. The van der Waals surface area contributed by atoms with Gasteiger partial charge in [0.1, 0.15) is 4.75 Å². The molecule has 0 saturated heterocycles. The summed E-state index contributed by atoms with van der Waals surface area (Å²) in [5, 5.41) is 10.6. The van der Waals surface area contributed by atoms with E-state index in [9.17, 15) is 18.5 Å². The highest BCUT2D eigenvalue weighted by Crippen LogP contribution is 2.47. The van der Waals surface area contributed by atoms with Crippen molar-refractivity contribution in [1.29, 1.82) is 5.26 Å². The number of ketones is 1. The lowest BCUT2D eigenvalue weighted by atomic mass is 9.89. The first kappa shape index (κ1) is 19.1. The van der Waals surface area contributed by atoms with Crippen LogP contribution in [0, 0.1) is 29.1 Å². The van der Waals surface area contributed by atoms with E-state index in [4.69, 9.17) is 0 Å². The summed E-state index contributed by atoms with van der Waals surface area (Å²) in [5.41, 5.74) is 0. The standard InChI is InChI=1S/C22H21NO3S/c1-2-3-6-15-22(18(14-16-23)12-13-21(22)24)27(25,26)20-11-7-9-17-8-4-5-10-19(17)20/h4-5,7-11,18H,2,12-15H2,1H3/t18-,22?/m1/s1. The number of sulfone groups is 1. The van der Waals surface area contributed by atoms with Crippen molar-refractivity contribution in [1.82, 2.24) is 0 Å². The SMILES string of the molecule is CCC#CCC1(S(=O)(=O)c2cccc3ccccc23)C(=O)CC[C@@H]1CC#N. The topological polar surface area (TPSA) is 75.0 Å². The van der Waals surface area contributed by atoms with E-state index in [0.29, 0.717) is 18.2 Å². The van der Waals surface area contributed by atoms with Crippen LogP contribution in [-0.2, 0) is 14.6 Å². The van der Waals surface area contributed by atoms with Gasteiger partial charge in [-0.1, -0.05) is 43.3 Å². The number of carbonyl (C=O) groups excluding carboxylic acids is 1. The molecule has 1 fully saturated rings. The Hall–Kier alpha value is -2.63. The highest BCUT2D eigenvalue weighted by Gasteiger charge is 2.59. The summed E-state index contributed by atoms with van der Waals surface area (Å²) in [5.74, 6) is 4.94. The van der Waals surface area contributed by atoms with E-state index in [1.165, 1.54) is 0 Å². The number of nitriles is 1. The van der Waals surface area contributed by atoms with Gasteiger partial charge in [-0.25, -0.2) is 8.42 Å². The summed E-state index contributed by atoms with van der Waals surface area (Å²) in [4.78, 5) is 13.1. The second-order valence-electron chi connectivity index (χ2n) is 6.78. The van der Waals surface area contributed by atoms with Gasteiger partial charge in [-0.15, -0.1) is 11.8 Å². The summed E-state index contributed by atoms with van der Waals surface area (Å²) >= 11 is 0. The fourth-order valence-corrected chi connectivity index (χ4v) is 6.44. The van der Waals surface area contributed by atoms with Crippen LogP contribution >= 0.6 is 0 Å². The molecular formula is C22H21NO3S. The Balaban J connectivity index is 2.28. The molecular weight excluding hydrogens is 358 g/mol. The second-order valence-corrected chi connectivity index (χ2v) is 8.95. The Morgan fingerprint density at radius 3 is 2.63 bits per heavy atom. The Kier molecular flexibility index (Phi) is 5.35. The second kappa shape index (κ2) is 7.55. The van der Waals surface area contributed by atoms with Crippen LogP contribution in [0.5, 0.6) is 0 Å². The summed E-state index contributed by atoms with van der Waals surface area (Å²) in [6.45, 7) is 1.88. The molecule has 0 aromatic heterocycles. The van der Waals surface area contributed by atoms with Crippen molar-refractivity contribution in [2.45, 2.75) is 48.7 Å². The Morgan fingerprint density at radius 2 is 1.89 bits per heavy atom. The zero-order chi connectivity index (χ0) is 19.5. The highest BCUT2D eigenvalue weighted by molar-refractivity contribution is 7.94. The van der Waals surface area contributed by atoms with Crippen LogP contribution in [0.2, 0.25) is 0 Å². The predicted octanol–water partition coefficient (Wildman–Crippen LogP) is 4.05. The first-order valence-corrected chi connectivity index (χ1v) is 10.6. The van der Waals surface area contributed by atoms with E-state index in [-0.39, 0.29) is 29.9 Å². The molecule has 1 aliphatic carbocycles. The largest absolute Gasteiger partial charge is 0.298 e. The van der Waals surface area contributed by atoms with E-state index in [0.717, 1.165) is 5.39 Å². The van der Waals surface area contributed by atoms with Crippen molar-refractivity contribution in [3.05, 3.63) is 42.5 Å². The van der Waals surface area contributed by atoms with Crippen LogP contribution in [0.15, 0.2) is 47.4 Å². The minimum Gasteiger partial charge on any atom is -0.298 e. The molecule has 0 N–H and O–H groups in total. The molecule has 0 amide bonds. The predicted molar refractivity (Wildman–Crippen MR) is 105 cm³/mol. The van der Waals surface area contributed by atoms with Gasteiger partial charge in [0.05, 0.1) is 11.0 Å². The fraction of sp³-hybridized carbons (Fsp3) is 0.364. The van der Waals surface area contributed by atoms with Crippen molar-refractivity contribution >= 4 is 26.4 Å². The molecule has 27 heavy (non-hydrogen) atoms. The number of benzene rings is 2. The van der Waals surface area contributed by atoms with Crippen LogP contribution in [0.1, 0.15) is 39.0 Å². The summed E-state index contributed by atoms with van der Waals surface area (Å²) in [6.07, 6.45) is 1.14. The summed E-state index contributed by atoms with van der Waals surface area (Å²) in [7, 11) is -4.03. The van der Waals surface area contributed by atoms with Crippen molar-refractivity contribution < 1.29 is 13.2 Å². The molecule has 1 unspecified atom stereocenters. The third-order valence-corrected chi connectivity index (χ3v) is 7.96. The first-order valence-electron chi connectivity index (χ1n) is 9.07. The van der Waals surface area contributed by atoms with Gasteiger partial charge in [0, 0.05) is 37.0 Å². The van der Waals surface area contributed by atoms with Crippen LogP contribution in [0.3, 0.4) is 0 Å². The molecule has 0 radical (unpaired) electrons. The maximum absolute atomic E-state index is 13.9. The number of hydrogen-bond donors (Lipinski definition) is 0. The molecule has 4 nitrogen and oxygen atoms in total. The normalized spacial score (nSPS) is 22.2. The minimum absolute atomic E-state index is 0.0313. The monoisotopic (exact) mass is 379 g/mol. The van der Waals surface area contributed by atoms with Gasteiger partial charge in [0.2, 0.25) is 0 Å². The van der Waals surface area contributed by atoms with Gasteiger partial charge in [0.25, 0.3) is 0 Å². The molecule has 2 atom stereocenters. The molecule has 2 aromatic rings.